The highest BCUT2D eigenvalue weighted by atomic mass is 16.1. The van der Waals surface area contributed by atoms with Crippen LogP contribution in [0.2, 0.25) is 0 Å². The van der Waals surface area contributed by atoms with E-state index in [0.717, 1.165) is 31.2 Å². The third-order valence-corrected chi connectivity index (χ3v) is 6.14. The van der Waals surface area contributed by atoms with Crippen LogP contribution in [-0.2, 0) is 4.79 Å². The highest BCUT2D eigenvalue weighted by molar-refractivity contribution is 5.78. The smallest absolute Gasteiger partial charge is 0.223 e. The lowest BCUT2D eigenvalue weighted by atomic mass is 9.67. The van der Waals surface area contributed by atoms with E-state index < -0.39 is 0 Å². The fraction of sp³-hybridized carbons (Fsp3) is 0.947. The van der Waals surface area contributed by atoms with Crippen LogP contribution < -0.4 is 5.32 Å². The molecular weight excluding hydrogens is 258 g/mol. The molecule has 2 rings (SSSR count). The first-order valence-corrected chi connectivity index (χ1v) is 9.26. The van der Waals surface area contributed by atoms with E-state index in [1.807, 2.05) is 0 Å². The molecule has 2 aliphatic carbocycles. The van der Waals surface area contributed by atoms with Gasteiger partial charge in [0.25, 0.3) is 0 Å². The number of nitrogens with one attached hydrogen (secondary N) is 1. The van der Waals surface area contributed by atoms with Gasteiger partial charge in [0, 0.05) is 12.5 Å². The summed E-state index contributed by atoms with van der Waals surface area (Å²) in [6, 6.07) is 0. The fourth-order valence-corrected chi connectivity index (χ4v) is 4.72. The van der Waals surface area contributed by atoms with Gasteiger partial charge in [-0.1, -0.05) is 53.4 Å². The molecule has 0 aromatic rings. The highest BCUT2D eigenvalue weighted by Crippen LogP contribution is 2.42. The molecule has 1 N–H and O–H groups in total. The summed E-state index contributed by atoms with van der Waals surface area (Å²) in [4.78, 5) is 12.5. The van der Waals surface area contributed by atoms with Gasteiger partial charge in [-0.25, -0.2) is 0 Å². The summed E-state index contributed by atoms with van der Waals surface area (Å²) in [7, 11) is 0. The molecule has 0 spiro atoms. The Kier molecular flexibility index (Phi) is 6.13. The summed E-state index contributed by atoms with van der Waals surface area (Å²) in [5.74, 6) is 4.28. The van der Waals surface area contributed by atoms with Crippen LogP contribution in [0.25, 0.3) is 0 Å². The first-order valence-electron chi connectivity index (χ1n) is 9.26. The number of carbonyl (C=O) groups excluding carboxylic acids is 1. The molecule has 2 saturated carbocycles. The van der Waals surface area contributed by atoms with Gasteiger partial charge >= 0.3 is 0 Å². The zero-order valence-corrected chi connectivity index (χ0v) is 14.5. The fourth-order valence-electron chi connectivity index (χ4n) is 4.72. The van der Waals surface area contributed by atoms with Crippen LogP contribution in [0.15, 0.2) is 0 Å². The average Bonchev–Trinajstić information content (AvgIpc) is 2.46. The molecule has 0 radical (unpaired) electrons. The second-order valence-corrected chi connectivity index (χ2v) is 8.21. The molecule has 0 bridgehead atoms. The third kappa shape index (κ3) is 4.47. The minimum Gasteiger partial charge on any atom is -0.356 e. The van der Waals surface area contributed by atoms with Gasteiger partial charge < -0.3 is 5.32 Å². The summed E-state index contributed by atoms with van der Waals surface area (Å²) in [5, 5.41) is 3.27. The molecule has 122 valence electrons. The molecule has 21 heavy (non-hydrogen) atoms. The van der Waals surface area contributed by atoms with Crippen molar-refractivity contribution in [2.45, 2.75) is 72.6 Å². The number of amides is 1. The van der Waals surface area contributed by atoms with Crippen molar-refractivity contribution in [3.05, 3.63) is 0 Å². The van der Waals surface area contributed by atoms with Crippen LogP contribution in [0.3, 0.4) is 0 Å². The Morgan fingerprint density at radius 1 is 0.952 bits per heavy atom. The van der Waals surface area contributed by atoms with Crippen LogP contribution in [0.4, 0.5) is 0 Å². The van der Waals surface area contributed by atoms with Gasteiger partial charge in [-0.2, -0.15) is 0 Å². The Morgan fingerprint density at radius 2 is 1.57 bits per heavy atom. The highest BCUT2D eigenvalue weighted by Gasteiger charge is 2.35. The van der Waals surface area contributed by atoms with Gasteiger partial charge in [0.2, 0.25) is 5.91 Å². The average molecular weight is 293 g/mol. The molecule has 0 saturated heterocycles. The van der Waals surface area contributed by atoms with Crippen molar-refractivity contribution in [2.75, 3.05) is 6.54 Å². The van der Waals surface area contributed by atoms with E-state index in [1.165, 1.54) is 32.1 Å². The molecule has 3 atom stereocenters. The Hall–Kier alpha value is -0.530. The molecule has 3 unspecified atom stereocenters. The lowest BCUT2D eigenvalue weighted by Gasteiger charge is -2.39. The van der Waals surface area contributed by atoms with E-state index in [4.69, 9.17) is 0 Å². The maximum absolute atomic E-state index is 12.5. The topological polar surface area (TPSA) is 29.1 Å². The zero-order valence-electron chi connectivity index (χ0n) is 14.5. The minimum absolute atomic E-state index is 0.296. The largest absolute Gasteiger partial charge is 0.356 e. The monoisotopic (exact) mass is 293 g/mol. The van der Waals surface area contributed by atoms with Crippen LogP contribution in [0.5, 0.6) is 0 Å². The number of carbonyl (C=O) groups is 1. The van der Waals surface area contributed by atoms with Crippen LogP contribution >= 0.6 is 0 Å². The van der Waals surface area contributed by atoms with Crippen LogP contribution in [0.1, 0.15) is 72.6 Å². The maximum atomic E-state index is 12.5. The first-order chi connectivity index (χ1) is 9.99. The van der Waals surface area contributed by atoms with E-state index in [-0.39, 0.29) is 0 Å². The summed E-state index contributed by atoms with van der Waals surface area (Å²) in [6.07, 6.45) is 9.17. The van der Waals surface area contributed by atoms with Crippen molar-refractivity contribution in [1.82, 2.24) is 5.32 Å². The van der Waals surface area contributed by atoms with Crippen molar-refractivity contribution in [2.24, 2.45) is 35.5 Å². The van der Waals surface area contributed by atoms with Gasteiger partial charge in [0.1, 0.15) is 0 Å². The first kappa shape index (κ1) is 16.8. The van der Waals surface area contributed by atoms with Gasteiger partial charge in [-0.3, -0.25) is 4.79 Å². The molecule has 0 heterocycles. The molecule has 0 aromatic carbocycles. The van der Waals surface area contributed by atoms with Crippen molar-refractivity contribution in [3.8, 4) is 0 Å². The van der Waals surface area contributed by atoms with Crippen LogP contribution in [0, 0.1) is 35.5 Å². The molecule has 1 amide bonds. The Balaban J connectivity index is 1.80. The summed E-state index contributed by atoms with van der Waals surface area (Å²) < 4.78 is 0. The second kappa shape index (κ2) is 7.65. The third-order valence-electron chi connectivity index (χ3n) is 6.14. The SMILES string of the molecule is CC(C)C(CNC(=O)C1CCC2CCCCC2C1)C(C)C. The minimum atomic E-state index is 0.296. The van der Waals surface area contributed by atoms with Gasteiger partial charge in [0.05, 0.1) is 0 Å². The maximum Gasteiger partial charge on any atom is 0.223 e. The summed E-state index contributed by atoms with van der Waals surface area (Å²) >= 11 is 0. The molecule has 2 nitrogen and oxygen atoms in total. The molecule has 2 heteroatoms. The Morgan fingerprint density at radius 3 is 2.19 bits per heavy atom. The molecular formula is C19H35NO. The zero-order chi connectivity index (χ0) is 15.4. The van der Waals surface area contributed by atoms with E-state index >= 15 is 0 Å². The summed E-state index contributed by atoms with van der Waals surface area (Å²) in [6.45, 7) is 9.93. The molecule has 2 fully saturated rings. The molecule has 0 aromatic heterocycles. The van der Waals surface area contributed by atoms with Crippen LogP contribution in [-0.4, -0.2) is 12.5 Å². The lowest BCUT2D eigenvalue weighted by Crippen LogP contribution is -2.40. The number of fused-ring (bicyclic) bond motifs is 1. The van der Waals surface area contributed by atoms with Gasteiger partial charge in [-0.05, 0) is 48.9 Å². The molecule has 2 aliphatic rings. The second-order valence-electron chi connectivity index (χ2n) is 8.21. The number of hydrogen-bond donors (Lipinski definition) is 1. The lowest BCUT2D eigenvalue weighted by molar-refractivity contribution is -0.127. The normalized spacial score (nSPS) is 29.8. The van der Waals surface area contributed by atoms with E-state index in [0.29, 0.717) is 29.6 Å². The Bertz CT molecular complexity index is 328. The number of hydrogen-bond acceptors (Lipinski definition) is 1. The molecule has 0 aliphatic heterocycles. The van der Waals surface area contributed by atoms with Gasteiger partial charge in [-0.15, -0.1) is 0 Å². The van der Waals surface area contributed by atoms with E-state index in [1.54, 1.807) is 0 Å². The van der Waals surface area contributed by atoms with Crippen molar-refractivity contribution < 1.29 is 4.79 Å². The standard InChI is InChI=1S/C19H35NO/c1-13(2)18(14(3)4)12-20-19(21)17-10-9-15-7-5-6-8-16(15)11-17/h13-18H,5-12H2,1-4H3,(H,20,21). The van der Waals surface area contributed by atoms with E-state index in [2.05, 4.69) is 33.0 Å². The predicted molar refractivity (Wildman–Crippen MR) is 89.0 cm³/mol. The quantitative estimate of drug-likeness (QED) is 0.786. The van der Waals surface area contributed by atoms with Crippen molar-refractivity contribution in [1.29, 1.82) is 0 Å². The summed E-state index contributed by atoms with van der Waals surface area (Å²) in [5.41, 5.74) is 0. The van der Waals surface area contributed by atoms with Crippen molar-refractivity contribution >= 4 is 5.91 Å². The Labute approximate surface area is 131 Å². The predicted octanol–water partition coefficient (Wildman–Crippen LogP) is 4.64. The van der Waals surface area contributed by atoms with Crippen molar-refractivity contribution in [3.63, 3.8) is 0 Å². The van der Waals surface area contributed by atoms with E-state index in [9.17, 15) is 4.79 Å². The van der Waals surface area contributed by atoms with Gasteiger partial charge in [0.15, 0.2) is 0 Å². The number of rotatable bonds is 5.